The maximum atomic E-state index is 4.91. The summed E-state index contributed by atoms with van der Waals surface area (Å²) in [5, 5.41) is 0. The number of hydrogen-bond acceptors (Lipinski definition) is 3. The van der Waals surface area contributed by atoms with E-state index < -0.39 is 0 Å². The van der Waals surface area contributed by atoms with Crippen LogP contribution in [0.5, 0.6) is 0 Å². The Morgan fingerprint density at radius 3 is 2.03 bits per heavy atom. The molecule has 3 heteroatoms. The van der Waals surface area contributed by atoms with Crippen molar-refractivity contribution >= 4 is 0 Å². The first-order valence-electron chi connectivity index (χ1n) is 12.6. The highest BCUT2D eigenvalue weighted by atomic mass is 15.0. The van der Waals surface area contributed by atoms with E-state index in [0.29, 0.717) is 0 Å². The van der Waals surface area contributed by atoms with Gasteiger partial charge in [0.1, 0.15) is 5.82 Å². The molecule has 0 radical (unpaired) electrons. The fourth-order valence-electron chi connectivity index (χ4n) is 4.03. The summed E-state index contributed by atoms with van der Waals surface area (Å²) in [6.07, 6.45) is 24.9. The third kappa shape index (κ3) is 7.31. The first-order valence-corrected chi connectivity index (χ1v) is 12.6. The third-order valence-corrected chi connectivity index (χ3v) is 5.86. The Morgan fingerprint density at radius 1 is 0.771 bits per heavy atom. The average molecular weight is 460 g/mol. The Balaban J connectivity index is 1.49. The molecule has 0 N–H and O–H groups in total. The normalized spacial score (nSPS) is 15.9. The molecule has 0 spiro atoms. The van der Waals surface area contributed by atoms with Gasteiger partial charge in [-0.25, -0.2) is 15.0 Å². The highest BCUT2D eigenvalue weighted by Crippen LogP contribution is 2.29. The Kier molecular flexibility index (Phi) is 9.12. The minimum atomic E-state index is 0.159. The highest BCUT2D eigenvalue weighted by Gasteiger charge is 2.18. The summed E-state index contributed by atoms with van der Waals surface area (Å²) in [5.74, 6) is 2.45. The van der Waals surface area contributed by atoms with Gasteiger partial charge >= 0.3 is 0 Å². The predicted octanol–water partition coefficient (Wildman–Crippen LogP) is 8.42. The van der Waals surface area contributed by atoms with Crippen molar-refractivity contribution in [3.05, 3.63) is 127 Å². The van der Waals surface area contributed by atoms with Crippen LogP contribution < -0.4 is 0 Å². The molecular formula is C32H33N3. The second kappa shape index (κ2) is 13.1. The van der Waals surface area contributed by atoms with Crippen molar-refractivity contribution in [2.24, 2.45) is 0 Å². The fraction of sp³-hybridized carbons (Fsp3) is 0.219. The zero-order valence-corrected chi connectivity index (χ0v) is 20.4. The van der Waals surface area contributed by atoms with E-state index in [2.05, 4.69) is 85.9 Å². The van der Waals surface area contributed by atoms with E-state index in [1.54, 1.807) is 0 Å². The summed E-state index contributed by atoms with van der Waals surface area (Å²) in [5.41, 5.74) is 3.38. The molecule has 0 amide bonds. The van der Waals surface area contributed by atoms with Crippen LogP contribution in [0.3, 0.4) is 0 Å². The van der Waals surface area contributed by atoms with Crippen molar-refractivity contribution in [3.8, 4) is 22.8 Å². The minimum absolute atomic E-state index is 0.159. The second-order valence-corrected chi connectivity index (χ2v) is 8.60. The first-order chi connectivity index (χ1) is 17.3. The van der Waals surface area contributed by atoms with Crippen molar-refractivity contribution in [1.29, 1.82) is 0 Å². The number of aromatic nitrogens is 3. The van der Waals surface area contributed by atoms with Gasteiger partial charge in [-0.05, 0) is 32.1 Å². The van der Waals surface area contributed by atoms with Gasteiger partial charge in [-0.15, -0.1) is 0 Å². The van der Waals surface area contributed by atoms with Crippen LogP contribution in [0.25, 0.3) is 22.8 Å². The van der Waals surface area contributed by atoms with Gasteiger partial charge in [0, 0.05) is 17.0 Å². The molecule has 35 heavy (non-hydrogen) atoms. The molecule has 3 aromatic rings. The molecule has 1 atom stereocenters. The van der Waals surface area contributed by atoms with Crippen LogP contribution >= 0.6 is 0 Å². The first kappa shape index (κ1) is 24.3. The summed E-state index contributed by atoms with van der Waals surface area (Å²) in [7, 11) is 0. The van der Waals surface area contributed by atoms with E-state index >= 15 is 0 Å². The van der Waals surface area contributed by atoms with E-state index in [9.17, 15) is 0 Å². The van der Waals surface area contributed by atoms with E-state index in [1.807, 2.05) is 36.4 Å². The molecule has 4 rings (SSSR count). The molecule has 1 heterocycles. The highest BCUT2D eigenvalue weighted by molar-refractivity contribution is 5.61. The summed E-state index contributed by atoms with van der Waals surface area (Å²) in [6.45, 7) is 2.14. The molecule has 0 aliphatic heterocycles. The number of hydrogen-bond donors (Lipinski definition) is 0. The lowest BCUT2D eigenvalue weighted by Crippen LogP contribution is -2.09. The molecule has 2 aromatic carbocycles. The molecule has 1 aromatic heterocycles. The number of nitrogens with zero attached hydrogens (tertiary/aromatic N) is 3. The Morgan fingerprint density at radius 2 is 1.40 bits per heavy atom. The Labute approximate surface area is 209 Å². The van der Waals surface area contributed by atoms with Gasteiger partial charge in [-0.3, -0.25) is 0 Å². The quantitative estimate of drug-likeness (QED) is 0.225. The van der Waals surface area contributed by atoms with Crippen molar-refractivity contribution in [1.82, 2.24) is 15.0 Å². The molecule has 1 unspecified atom stereocenters. The van der Waals surface area contributed by atoms with Gasteiger partial charge in [0.25, 0.3) is 0 Å². The van der Waals surface area contributed by atoms with E-state index in [1.165, 1.54) is 5.57 Å². The van der Waals surface area contributed by atoms with E-state index in [0.717, 1.165) is 60.7 Å². The van der Waals surface area contributed by atoms with E-state index in [4.69, 9.17) is 15.0 Å². The van der Waals surface area contributed by atoms with Crippen molar-refractivity contribution in [2.75, 3.05) is 0 Å². The van der Waals surface area contributed by atoms with Crippen LogP contribution in [-0.4, -0.2) is 15.0 Å². The van der Waals surface area contributed by atoms with Gasteiger partial charge in [-0.1, -0.05) is 128 Å². The standard InChI is InChI=1S/C32H33N3/c1-2-3-4-5-6-7-8-9-12-18-26-19-17-24-29(25-26)32-34-30(27-20-13-10-14-21-27)33-31(35-32)28-22-15-11-16-23-28/h3-8,10-11,13-17,19-23,25,29H,2,9,12,18,24H2,1H3/b4-3-,6-5-,8-7-. The average Bonchev–Trinajstić information content (AvgIpc) is 2.93. The van der Waals surface area contributed by atoms with Crippen LogP contribution in [0.2, 0.25) is 0 Å². The van der Waals surface area contributed by atoms with Gasteiger partial charge in [0.05, 0.1) is 0 Å². The van der Waals surface area contributed by atoms with Gasteiger partial charge < -0.3 is 0 Å². The van der Waals surface area contributed by atoms with Gasteiger partial charge in [-0.2, -0.15) is 0 Å². The lowest BCUT2D eigenvalue weighted by Gasteiger charge is -2.17. The zero-order chi connectivity index (χ0) is 24.1. The molecule has 0 fully saturated rings. The predicted molar refractivity (Wildman–Crippen MR) is 147 cm³/mol. The number of rotatable bonds is 10. The molecular weight excluding hydrogens is 426 g/mol. The second-order valence-electron chi connectivity index (χ2n) is 8.60. The van der Waals surface area contributed by atoms with Crippen LogP contribution in [-0.2, 0) is 0 Å². The summed E-state index contributed by atoms with van der Waals surface area (Å²) in [6, 6.07) is 20.3. The van der Waals surface area contributed by atoms with Crippen LogP contribution in [0.1, 0.15) is 50.8 Å². The summed E-state index contributed by atoms with van der Waals surface area (Å²) < 4.78 is 0. The van der Waals surface area contributed by atoms with Gasteiger partial charge in [0.2, 0.25) is 0 Å². The van der Waals surface area contributed by atoms with Crippen molar-refractivity contribution in [3.63, 3.8) is 0 Å². The Bertz CT molecular complexity index is 1160. The summed E-state index contributed by atoms with van der Waals surface area (Å²) >= 11 is 0. The molecule has 0 bridgehead atoms. The van der Waals surface area contributed by atoms with Crippen molar-refractivity contribution < 1.29 is 0 Å². The molecule has 1 aliphatic rings. The molecule has 0 saturated carbocycles. The molecule has 176 valence electrons. The lowest BCUT2D eigenvalue weighted by atomic mass is 9.93. The maximum Gasteiger partial charge on any atom is 0.163 e. The van der Waals surface area contributed by atoms with Crippen LogP contribution in [0.15, 0.2) is 121 Å². The molecule has 1 aliphatic carbocycles. The number of allylic oxidation sites excluding steroid dienone is 10. The smallest absolute Gasteiger partial charge is 0.163 e. The van der Waals surface area contributed by atoms with Crippen LogP contribution in [0, 0.1) is 0 Å². The monoisotopic (exact) mass is 459 g/mol. The molecule has 0 saturated heterocycles. The summed E-state index contributed by atoms with van der Waals surface area (Å²) in [4.78, 5) is 14.6. The lowest BCUT2D eigenvalue weighted by molar-refractivity contribution is 0.742. The van der Waals surface area contributed by atoms with Crippen molar-refractivity contribution in [2.45, 2.75) is 44.9 Å². The fourth-order valence-corrected chi connectivity index (χ4v) is 4.03. The number of benzene rings is 2. The minimum Gasteiger partial charge on any atom is -0.212 e. The maximum absolute atomic E-state index is 4.91. The number of unbranched alkanes of at least 4 members (excludes halogenated alkanes) is 1. The SMILES string of the molecule is CC\C=C/C=C\C=C/CCCC1=CC(c2nc(-c3ccccc3)nc(-c3ccccc3)n2)CC=C1. The molecule has 3 nitrogen and oxygen atoms in total. The zero-order valence-electron chi connectivity index (χ0n) is 20.4. The largest absolute Gasteiger partial charge is 0.212 e. The van der Waals surface area contributed by atoms with Crippen LogP contribution in [0.4, 0.5) is 0 Å². The van der Waals surface area contributed by atoms with E-state index in [-0.39, 0.29) is 5.92 Å². The Hall–Kier alpha value is -3.85. The topological polar surface area (TPSA) is 38.7 Å². The third-order valence-electron chi connectivity index (χ3n) is 5.86. The van der Waals surface area contributed by atoms with Gasteiger partial charge in [0.15, 0.2) is 11.6 Å².